The van der Waals surface area contributed by atoms with E-state index in [9.17, 15) is 24.3 Å². The van der Waals surface area contributed by atoms with Crippen LogP contribution in [0.1, 0.15) is 37.9 Å². The van der Waals surface area contributed by atoms with Crippen LogP contribution in [0.25, 0.3) is 0 Å². The van der Waals surface area contributed by atoms with E-state index >= 15 is 0 Å². The molecule has 36 heavy (non-hydrogen) atoms. The highest BCUT2D eigenvalue weighted by atomic mass is 16.4. The van der Waals surface area contributed by atoms with E-state index in [4.69, 9.17) is 5.73 Å². The van der Waals surface area contributed by atoms with E-state index in [1.165, 1.54) is 11.2 Å². The summed E-state index contributed by atoms with van der Waals surface area (Å²) in [5.41, 5.74) is 7.64. The van der Waals surface area contributed by atoms with E-state index in [0.717, 1.165) is 5.56 Å². The fraction of sp³-hybridized carbons (Fsp3) is 0.480. The van der Waals surface area contributed by atoms with Crippen LogP contribution in [0.4, 0.5) is 0 Å². The number of aromatic nitrogens is 2. The molecule has 0 saturated carbocycles. The minimum absolute atomic E-state index is 0.169. The van der Waals surface area contributed by atoms with Crippen LogP contribution >= 0.6 is 0 Å². The minimum Gasteiger partial charge on any atom is -0.480 e. The van der Waals surface area contributed by atoms with Gasteiger partial charge in [0.05, 0.1) is 12.4 Å². The second-order valence-electron chi connectivity index (χ2n) is 9.40. The molecule has 3 amide bonds. The van der Waals surface area contributed by atoms with Crippen molar-refractivity contribution in [1.29, 1.82) is 0 Å². The molecule has 11 nitrogen and oxygen atoms in total. The molecule has 0 radical (unpaired) electrons. The molecular formula is C25H34N6O5. The van der Waals surface area contributed by atoms with Gasteiger partial charge in [0.2, 0.25) is 17.7 Å². The number of amides is 3. The number of likely N-dealkylation sites (tertiary alicyclic amines) is 1. The largest absolute Gasteiger partial charge is 0.480 e. The van der Waals surface area contributed by atoms with Crippen molar-refractivity contribution in [2.24, 2.45) is 11.7 Å². The highest BCUT2D eigenvalue weighted by Gasteiger charge is 2.38. The molecule has 0 aliphatic carbocycles. The maximum absolute atomic E-state index is 13.3. The molecule has 2 aromatic rings. The maximum atomic E-state index is 13.3. The van der Waals surface area contributed by atoms with Crippen molar-refractivity contribution in [1.82, 2.24) is 25.5 Å². The van der Waals surface area contributed by atoms with Gasteiger partial charge in [-0.3, -0.25) is 14.4 Å². The molecule has 1 saturated heterocycles. The summed E-state index contributed by atoms with van der Waals surface area (Å²) < 4.78 is 0. The number of aliphatic carboxylic acids is 1. The van der Waals surface area contributed by atoms with Crippen molar-refractivity contribution in [3.05, 3.63) is 54.1 Å². The van der Waals surface area contributed by atoms with E-state index < -0.39 is 42.0 Å². The number of carbonyl (C=O) groups excluding carboxylic acids is 3. The number of nitrogens with one attached hydrogen (secondary N) is 3. The normalized spacial score (nSPS) is 17.9. The number of carboxylic acid groups (broad SMARTS) is 1. The number of aromatic amines is 1. The first kappa shape index (κ1) is 26.9. The maximum Gasteiger partial charge on any atom is 0.326 e. The summed E-state index contributed by atoms with van der Waals surface area (Å²) in [6.07, 6.45) is 4.60. The summed E-state index contributed by atoms with van der Waals surface area (Å²) in [5.74, 6) is -2.92. The second kappa shape index (κ2) is 12.3. The molecule has 3 rings (SSSR count). The third kappa shape index (κ3) is 6.91. The fourth-order valence-corrected chi connectivity index (χ4v) is 4.33. The van der Waals surface area contributed by atoms with Crippen LogP contribution in [0.2, 0.25) is 0 Å². The van der Waals surface area contributed by atoms with Gasteiger partial charge in [0, 0.05) is 31.3 Å². The quantitative estimate of drug-likeness (QED) is 0.295. The second-order valence-corrected chi connectivity index (χ2v) is 9.40. The number of carboxylic acids is 1. The van der Waals surface area contributed by atoms with Gasteiger partial charge in [0.15, 0.2) is 0 Å². The Kier molecular flexibility index (Phi) is 9.18. The summed E-state index contributed by atoms with van der Waals surface area (Å²) in [7, 11) is 0. The van der Waals surface area contributed by atoms with Gasteiger partial charge in [0.1, 0.15) is 18.1 Å². The summed E-state index contributed by atoms with van der Waals surface area (Å²) in [6, 6.07) is 5.39. The van der Waals surface area contributed by atoms with Gasteiger partial charge in [-0.05, 0) is 24.3 Å². The van der Waals surface area contributed by atoms with E-state index in [1.54, 1.807) is 20.0 Å². The van der Waals surface area contributed by atoms with Crippen LogP contribution in [-0.4, -0.2) is 74.4 Å². The summed E-state index contributed by atoms with van der Waals surface area (Å²) in [5, 5.41) is 14.8. The van der Waals surface area contributed by atoms with Crippen LogP contribution in [0, 0.1) is 5.92 Å². The Labute approximate surface area is 209 Å². The standard InChI is InChI=1S/C25H34N6O5/c1-15(2)21(25(35)36)30-22(32)19(11-16-7-4-3-5-8-16)29-23(33)20-9-6-10-31(20)24(34)18(26)12-17-13-27-14-28-17/h3-5,7-8,13-15,18-21H,6,9-12,26H2,1-2H3,(H,27,28)(H,29,33)(H,30,32)(H,35,36). The van der Waals surface area contributed by atoms with Gasteiger partial charge < -0.3 is 31.4 Å². The zero-order valence-corrected chi connectivity index (χ0v) is 20.5. The molecule has 4 unspecified atom stereocenters. The molecule has 2 heterocycles. The van der Waals surface area contributed by atoms with Crippen LogP contribution in [0.15, 0.2) is 42.9 Å². The molecule has 0 spiro atoms. The smallest absolute Gasteiger partial charge is 0.326 e. The fourth-order valence-electron chi connectivity index (χ4n) is 4.33. The lowest BCUT2D eigenvalue weighted by molar-refractivity contribution is -0.144. The van der Waals surface area contributed by atoms with Gasteiger partial charge >= 0.3 is 5.97 Å². The average Bonchev–Trinajstić information content (AvgIpc) is 3.54. The SMILES string of the molecule is CC(C)C(NC(=O)C(Cc1ccccc1)NC(=O)C1CCCN1C(=O)C(N)Cc1cnc[nH]1)C(=O)O. The minimum atomic E-state index is -1.15. The molecule has 1 aromatic carbocycles. The lowest BCUT2D eigenvalue weighted by atomic mass is 10.0. The molecule has 1 fully saturated rings. The highest BCUT2D eigenvalue weighted by molar-refractivity contribution is 5.94. The number of carbonyl (C=O) groups is 4. The summed E-state index contributed by atoms with van der Waals surface area (Å²) in [6.45, 7) is 3.77. The number of hydrogen-bond acceptors (Lipinski definition) is 6. The van der Waals surface area contributed by atoms with Crippen LogP contribution in [-0.2, 0) is 32.0 Å². The first-order valence-corrected chi connectivity index (χ1v) is 12.1. The van der Waals surface area contributed by atoms with Crippen LogP contribution < -0.4 is 16.4 Å². The molecule has 1 aliphatic heterocycles. The number of rotatable bonds is 11. The molecule has 6 N–H and O–H groups in total. The van der Waals surface area contributed by atoms with Crippen molar-refractivity contribution in [2.45, 2.75) is 63.7 Å². The predicted octanol–water partition coefficient (Wildman–Crippen LogP) is 0.223. The zero-order chi connectivity index (χ0) is 26.2. The number of hydrogen-bond donors (Lipinski definition) is 5. The number of nitrogens with two attached hydrogens (primary N) is 1. The van der Waals surface area contributed by atoms with Crippen molar-refractivity contribution < 1.29 is 24.3 Å². The van der Waals surface area contributed by atoms with Gasteiger partial charge in [-0.15, -0.1) is 0 Å². The average molecular weight is 499 g/mol. The van der Waals surface area contributed by atoms with E-state index in [1.807, 2.05) is 30.3 Å². The van der Waals surface area contributed by atoms with E-state index in [-0.39, 0.29) is 24.7 Å². The van der Waals surface area contributed by atoms with Gasteiger partial charge in [-0.2, -0.15) is 0 Å². The Morgan fingerprint density at radius 2 is 1.89 bits per heavy atom. The topological polar surface area (TPSA) is 171 Å². The van der Waals surface area contributed by atoms with Crippen molar-refractivity contribution in [2.75, 3.05) is 6.54 Å². The van der Waals surface area contributed by atoms with Crippen molar-refractivity contribution >= 4 is 23.7 Å². The van der Waals surface area contributed by atoms with Crippen LogP contribution in [0.5, 0.6) is 0 Å². The zero-order valence-electron chi connectivity index (χ0n) is 20.5. The lowest BCUT2D eigenvalue weighted by Crippen LogP contribution is -2.57. The van der Waals surface area contributed by atoms with E-state index in [2.05, 4.69) is 20.6 Å². The monoisotopic (exact) mass is 498 g/mol. The molecular weight excluding hydrogens is 464 g/mol. The van der Waals surface area contributed by atoms with E-state index in [0.29, 0.717) is 25.1 Å². The molecule has 0 bridgehead atoms. The Morgan fingerprint density at radius 1 is 1.17 bits per heavy atom. The first-order chi connectivity index (χ1) is 17.2. The van der Waals surface area contributed by atoms with Crippen molar-refractivity contribution in [3.8, 4) is 0 Å². The third-order valence-electron chi connectivity index (χ3n) is 6.30. The van der Waals surface area contributed by atoms with Crippen molar-refractivity contribution in [3.63, 3.8) is 0 Å². The molecule has 4 atom stereocenters. The molecule has 1 aromatic heterocycles. The lowest BCUT2D eigenvalue weighted by Gasteiger charge is -2.29. The first-order valence-electron chi connectivity index (χ1n) is 12.1. The number of H-pyrrole nitrogens is 1. The molecule has 194 valence electrons. The summed E-state index contributed by atoms with van der Waals surface area (Å²) >= 11 is 0. The molecule has 11 heteroatoms. The third-order valence-corrected chi connectivity index (χ3v) is 6.30. The number of benzene rings is 1. The number of imidazole rings is 1. The van der Waals surface area contributed by atoms with Gasteiger partial charge in [-0.25, -0.2) is 9.78 Å². The summed E-state index contributed by atoms with van der Waals surface area (Å²) in [4.78, 5) is 59.4. The number of nitrogens with zero attached hydrogens (tertiary/aromatic N) is 2. The van der Waals surface area contributed by atoms with Gasteiger partial charge in [0.25, 0.3) is 0 Å². The van der Waals surface area contributed by atoms with Crippen LogP contribution in [0.3, 0.4) is 0 Å². The Morgan fingerprint density at radius 3 is 2.50 bits per heavy atom. The Hall–Kier alpha value is -3.73. The van der Waals surface area contributed by atoms with Gasteiger partial charge in [-0.1, -0.05) is 44.2 Å². The molecule has 1 aliphatic rings. The highest BCUT2D eigenvalue weighted by Crippen LogP contribution is 2.19. The Balaban J connectivity index is 1.73. The Bertz CT molecular complexity index is 1040. The predicted molar refractivity (Wildman–Crippen MR) is 131 cm³/mol.